The lowest BCUT2D eigenvalue weighted by molar-refractivity contribution is 0.395. The van der Waals surface area contributed by atoms with Gasteiger partial charge in [0.25, 0.3) is 0 Å². The Balaban J connectivity index is 1.91. The van der Waals surface area contributed by atoms with Crippen molar-refractivity contribution >= 4 is 23.1 Å². The lowest BCUT2D eigenvalue weighted by Gasteiger charge is -2.15. The zero-order valence-corrected chi connectivity index (χ0v) is 17.0. The summed E-state index contributed by atoms with van der Waals surface area (Å²) in [6.07, 6.45) is 0.947. The second-order valence-corrected chi connectivity index (χ2v) is 6.50. The Hall–Kier alpha value is -3.28. The zero-order chi connectivity index (χ0) is 20.1. The van der Waals surface area contributed by atoms with E-state index in [4.69, 9.17) is 9.47 Å². The van der Waals surface area contributed by atoms with Gasteiger partial charge in [0, 0.05) is 23.5 Å². The van der Waals surface area contributed by atoms with E-state index in [-0.39, 0.29) is 0 Å². The molecule has 0 bridgehead atoms. The van der Waals surface area contributed by atoms with Crippen molar-refractivity contribution in [3.8, 4) is 11.5 Å². The lowest BCUT2D eigenvalue weighted by Crippen LogP contribution is -2.05. The van der Waals surface area contributed by atoms with Crippen molar-refractivity contribution in [3.63, 3.8) is 0 Å². The fourth-order valence-electron chi connectivity index (χ4n) is 3.04. The molecular formula is C22H26N4O2. The second kappa shape index (κ2) is 8.61. The minimum atomic E-state index is 0.498. The third-order valence-corrected chi connectivity index (χ3v) is 4.50. The Labute approximate surface area is 166 Å². The number of anilines is 4. The number of nitrogens with zero attached hydrogens (tertiary/aromatic N) is 2. The third-order valence-electron chi connectivity index (χ3n) is 4.50. The van der Waals surface area contributed by atoms with E-state index in [9.17, 15) is 0 Å². The fraction of sp³-hybridized carbons (Fsp3) is 0.273. The molecule has 28 heavy (non-hydrogen) atoms. The van der Waals surface area contributed by atoms with Crippen molar-refractivity contribution in [2.24, 2.45) is 0 Å². The molecule has 2 N–H and O–H groups in total. The van der Waals surface area contributed by atoms with Crippen LogP contribution in [0.5, 0.6) is 11.5 Å². The first-order valence-corrected chi connectivity index (χ1v) is 9.24. The SMILES string of the molecule is CCc1cccc(C)c1Nc1cc(C)nc(Nc2ccc(OC)cc2OC)n1. The largest absolute Gasteiger partial charge is 0.497 e. The molecule has 3 aromatic rings. The Morgan fingerprint density at radius 3 is 2.46 bits per heavy atom. The molecule has 0 saturated heterocycles. The van der Waals surface area contributed by atoms with Crippen LogP contribution in [-0.4, -0.2) is 24.2 Å². The van der Waals surface area contributed by atoms with E-state index in [1.54, 1.807) is 14.2 Å². The number of nitrogens with one attached hydrogen (secondary N) is 2. The highest BCUT2D eigenvalue weighted by Gasteiger charge is 2.10. The topological polar surface area (TPSA) is 68.3 Å². The van der Waals surface area contributed by atoms with E-state index in [2.05, 4.69) is 52.6 Å². The molecule has 1 heterocycles. The minimum Gasteiger partial charge on any atom is -0.497 e. The van der Waals surface area contributed by atoms with Crippen molar-refractivity contribution in [1.29, 1.82) is 0 Å². The standard InChI is InChI=1S/C22H26N4O2/c1-6-16-9-7-8-14(2)21(16)25-20-12-15(3)23-22(26-20)24-18-11-10-17(27-4)13-19(18)28-5/h7-13H,6H2,1-5H3,(H2,23,24,25,26). The molecule has 0 spiro atoms. The molecule has 0 saturated carbocycles. The Bertz CT molecular complexity index is 973. The molecule has 2 aromatic carbocycles. The monoisotopic (exact) mass is 378 g/mol. The summed E-state index contributed by atoms with van der Waals surface area (Å²) in [6, 6.07) is 13.8. The van der Waals surface area contributed by atoms with Crippen LogP contribution in [0.4, 0.5) is 23.1 Å². The fourth-order valence-corrected chi connectivity index (χ4v) is 3.04. The summed E-state index contributed by atoms with van der Waals surface area (Å²) in [5.74, 6) is 2.62. The van der Waals surface area contributed by atoms with Gasteiger partial charge in [-0.05, 0) is 43.5 Å². The molecule has 6 nitrogen and oxygen atoms in total. The van der Waals surface area contributed by atoms with Crippen molar-refractivity contribution in [3.05, 3.63) is 59.3 Å². The molecule has 0 radical (unpaired) electrons. The second-order valence-electron chi connectivity index (χ2n) is 6.50. The Morgan fingerprint density at radius 1 is 0.929 bits per heavy atom. The van der Waals surface area contributed by atoms with Gasteiger partial charge in [-0.3, -0.25) is 0 Å². The van der Waals surface area contributed by atoms with Gasteiger partial charge in [0.05, 0.1) is 19.9 Å². The highest BCUT2D eigenvalue weighted by Crippen LogP contribution is 2.31. The molecule has 146 valence electrons. The van der Waals surface area contributed by atoms with Crippen molar-refractivity contribution in [1.82, 2.24) is 9.97 Å². The van der Waals surface area contributed by atoms with Crippen LogP contribution in [0.1, 0.15) is 23.7 Å². The van der Waals surface area contributed by atoms with Gasteiger partial charge in [0.1, 0.15) is 17.3 Å². The van der Waals surface area contributed by atoms with Crippen molar-refractivity contribution in [2.45, 2.75) is 27.2 Å². The van der Waals surface area contributed by atoms with Crippen molar-refractivity contribution in [2.75, 3.05) is 24.9 Å². The predicted octanol–water partition coefficient (Wildman–Crippen LogP) is 5.16. The number of methoxy groups -OCH3 is 2. The summed E-state index contributed by atoms with van der Waals surface area (Å²) < 4.78 is 10.7. The maximum Gasteiger partial charge on any atom is 0.229 e. The molecule has 0 aliphatic heterocycles. The van der Waals surface area contributed by atoms with Gasteiger partial charge in [0.15, 0.2) is 0 Å². The molecule has 0 aliphatic carbocycles. The van der Waals surface area contributed by atoms with E-state index < -0.39 is 0 Å². The molecule has 0 atom stereocenters. The summed E-state index contributed by atoms with van der Waals surface area (Å²) in [4.78, 5) is 9.14. The molecule has 1 aromatic heterocycles. The van der Waals surface area contributed by atoms with E-state index in [1.807, 2.05) is 31.2 Å². The summed E-state index contributed by atoms with van der Waals surface area (Å²) in [6.45, 7) is 6.19. The first-order valence-electron chi connectivity index (χ1n) is 9.24. The quantitative estimate of drug-likeness (QED) is 0.592. The Kier molecular flexibility index (Phi) is 5.99. The first-order chi connectivity index (χ1) is 13.5. The number of hydrogen-bond acceptors (Lipinski definition) is 6. The summed E-state index contributed by atoms with van der Waals surface area (Å²) >= 11 is 0. The van der Waals surface area contributed by atoms with Gasteiger partial charge in [-0.1, -0.05) is 25.1 Å². The number of aromatic nitrogens is 2. The van der Waals surface area contributed by atoms with Crippen LogP contribution in [0.15, 0.2) is 42.5 Å². The van der Waals surface area contributed by atoms with Gasteiger partial charge < -0.3 is 20.1 Å². The average Bonchev–Trinajstić information content (AvgIpc) is 2.69. The van der Waals surface area contributed by atoms with E-state index in [0.717, 1.165) is 35.1 Å². The molecule has 0 unspecified atom stereocenters. The minimum absolute atomic E-state index is 0.498. The molecule has 0 aliphatic rings. The maximum atomic E-state index is 5.45. The highest BCUT2D eigenvalue weighted by molar-refractivity contribution is 5.68. The normalized spacial score (nSPS) is 10.5. The van der Waals surface area contributed by atoms with Crippen LogP contribution >= 0.6 is 0 Å². The number of benzene rings is 2. The number of ether oxygens (including phenoxy) is 2. The van der Waals surface area contributed by atoms with Gasteiger partial charge >= 0.3 is 0 Å². The maximum absolute atomic E-state index is 5.45. The summed E-state index contributed by atoms with van der Waals surface area (Å²) in [5, 5.41) is 6.71. The van der Waals surface area contributed by atoms with Crippen LogP contribution in [0, 0.1) is 13.8 Å². The van der Waals surface area contributed by atoms with Gasteiger partial charge in [0.2, 0.25) is 5.95 Å². The van der Waals surface area contributed by atoms with Crippen LogP contribution in [-0.2, 0) is 6.42 Å². The summed E-state index contributed by atoms with van der Waals surface area (Å²) in [5.41, 5.74) is 5.16. The van der Waals surface area contributed by atoms with Gasteiger partial charge in [-0.2, -0.15) is 4.98 Å². The Morgan fingerprint density at radius 2 is 1.75 bits per heavy atom. The molecular weight excluding hydrogens is 352 g/mol. The van der Waals surface area contributed by atoms with E-state index >= 15 is 0 Å². The van der Waals surface area contributed by atoms with Crippen LogP contribution < -0.4 is 20.1 Å². The van der Waals surface area contributed by atoms with E-state index in [0.29, 0.717) is 11.7 Å². The molecule has 6 heteroatoms. The first kappa shape index (κ1) is 19.5. The lowest BCUT2D eigenvalue weighted by atomic mass is 10.1. The predicted molar refractivity (Wildman–Crippen MR) is 113 cm³/mol. The van der Waals surface area contributed by atoms with E-state index in [1.165, 1.54) is 11.1 Å². The average molecular weight is 378 g/mol. The van der Waals surface area contributed by atoms with Crippen molar-refractivity contribution < 1.29 is 9.47 Å². The smallest absolute Gasteiger partial charge is 0.229 e. The molecule has 0 amide bonds. The zero-order valence-electron chi connectivity index (χ0n) is 17.0. The van der Waals surface area contributed by atoms with Gasteiger partial charge in [-0.15, -0.1) is 0 Å². The van der Waals surface area contributed by atoms with Crippen LogP contribution in [0.2, 0.25) is 0 Å². The number of hydrogen-bond donors (Lipinski definition) is 2. The highest BCUT2D eigenvalue weighted by atomic mass is 16.5. The third kappa shape index (κ3) is 4.34. The number of para-hydroxylation sites is 1. The molecule has 3 rings (SSSR count). The molecule has 0 fully saturated rings. The number of aryl methyl sites for hydroxylation is 3. The van der Waals surface area contributed by atoms with Gasteiger partial charge in [-0.25, -0.2) is 4.98 Å². The van der Waals surface area contributed by atoms with Crippen LogP contribution in [0.3, 0.4) is 0 Å². The summed E-state index contributed by atoms with van der Waals surface area (Å²) in [7, 11) is 3.24. The van der Waals surface area contributed by atoms with Crippen LogP contribution in [0.25, 0.3) is 0 Å². The number of rotatable bonds is 7.